The van der Waals surface area contributed by atoms with Crippen molar-refractivity contribution < 1.29 is 4.39 Å². The molecule has 0 saturated carbocycles. The summed E-state index contributed by atoms with van der Waals surface area (Å²) in [7, 11) is 2.04. The third kappa shape index (κ3) is 1.94. The van der Waals surface area contributed by atoms with E-state index in [-0.39, 0.29) is 11.2 Å². The number of rotatable bonds is 2. The molecule has 1 N–H and O–H groups in total. The summed E-state index contributed by atoms with van der Waals surface area (Å²) >= 11 is 0. The van der Waals surface area contributed by atoms with Crippen LogP contribution in [0.5, 0.6) is 0 Å². The average Bonchev–Trinajstić information content (AvgIpc) is 2.77. The van der Waals surface area contributed by atoms with Crippen molar-refractivity contribution in [3.05, 3.63) is 29.8 Å². The first-order chi connectivity index (χ1) is 9.16. The van der Waals surface area contributed by atoms with Crippen molar-refractivity contribution in [3.8, 4) is 0 Å². The van der Waals surface area contributed by atoms with Crippen LogP contribution in [0.15, 0.2) is 18.2 Å². The van der Waals surface area contributed by atoms with Crippen LogP contribution in [0.2, 0.25) is 0 Å². The van der Waals surface area contributed by atoms with Gasteiger partial charge in [0.1, 0.15) is 11.6 Å². The van der Waals surface area contributed by atoms with Gasteiger partial charge in [-0.3, -0.25) is 0 Å². The third-order valence-electron chi connectivity index (χ3n) is 4.55. The molecular formula is C15H20FN3. The van der Waals surface area contributed by atoms with Crippen LogP contribution in [0.3, 0.4) is 0 Å². The monoisotopic (exact) mass is 261 g/mol. The predicted octanol–water partition coefficient (Wildman–Crippen LogP) is 2.74. The van der Waals surface area contributed by atoms with E-state index in [1.807, 2.05) is 13.1 Å². The molecule has 0 unspecified atom stereocenters. The summed E-state index contributed by atoms with van der Waals surface area (Å²) in [5, 5.41) is 3.41. The number of halogens is 1. The summed E-state index contributed by atoms with van der Waals surface area (Å²) < 4.78 is 15.5. The number of hydrogen-bond acceptors (Lipinski definition) is 2. The smallest absolute Gasteiger partial charge is 0.125 e. The molecule has 0 amide bonds. The summed E-state index contributed by atoms with van der Waals surface area (Å²) in [6, 6.07) is 4.86. The standard InChI is InChI=1S/C15H20FN3/c1-3-15(6-8-17-9-7-15)14-18-12-10-11(16)4-5-13(12)19(14)2/h4-5,10,17H,3,6-9H2,1-2H3. The van der Waals surface area contributed by atoms with Crippen molar-refractivity contribution in [3.63, 3.8) is 0 Å². The van der Waals surface area contributed by atoms with Gasteiger partial charge in [0.15, 0.2) is 0 Å². The highest BCUT2D eigenvalue weighted by Crippen LogP contribution is 2.37. The maximum Gasteiger partial charge on any atom is 0.125 e. The number of fused-ring (bicyclic) bond motifs is 1. The van der Waals surface area contributed by atoms with Crippen LogP contribution in [0.1, 0.15) is 32.0 Å². The van der Waals surface area contributed by atoms with Gasteiger partial charge < -0.3 is 9.88 Å². The molecule has 4 heteroatoms. The highest BCUT2D eigenvalue weighted by Gasteiger charge is 2.36. The Bertz CT molecular complexity index is 597. The van der Waals surface area contributed by atoms with Gasteiger partial charge in [-0.25, -0.2) is 9.37 Å². The Labute approximate surface area is 112 Å². The first-order valence-electron chi connectivity index (χ1n) is 6.99. The number of aryl methyl sites for hydroxylation is 1. The molecule has 1 aromatic carbocycles. The number of benzene rings is 1. The Morgan fingerprint density at radius 1 is 1.37 bits per heavy atom. The minimum atomic E-state index is -0.215. The van der Waals surface area contributed by atoms with Gasteiger partial charge in [-0.05, 0) is 44.5 Å². The number of piperidine rings is 1. The molecule has 2 aromatic rings. The zero-order valence-corrected chi connectivity index (χ0v) is 11.5. The molecule has 0 spiro atoms. The Hall–Kier alpha value is -1.42. The van der Waals surface area contributed by atoms with Gasteiger partial charge >= 0.3 is 0 Å². The van der Waals surface area contributed by atoms with Crippen LogP contribution in [0.4, 0.5) is 4.39 Å². The van der Waals surface area contributed by atoms with Crippen molar-refractivity contribution in [2.45, 2.75) is 31.6 Å². The van der Waals surface area contributed by atoms with E-state index >= 15 is 0 Å². The van der Waals surface area contributed by atoms with E-state index in [0.717, 1.165) is 49.2 Å². The second-order valence-electron chi connectivity index (χ2n) is 5.51. The Kier molecular flexibility index (Phi) is 3.05. The largest absolute Gasteiger partial charge is 0.331 e. The second kappa shape index (κ2) is 4.60. The Morgan fingerprint density at radius 2 is 2.11 bits per heavy atom. The minimum absolute atomic E-state index is 0.134. The second-order valence-corrected chi connectivity index (χ2v) is 5.51. The summed E-state index contributed by atoms with van der Waals surface area (Å²) in [5.41, 5.74) is 1.92. The van der Waals surface area contributed by atoms with Gasteiger partial charge in [0.2, 0.25) is 0 Å². The molecule has 1 aromatic heterocycles. The molecule has 1 aliphatic rings. The van der Waals surface area contributed by atoms with Crippen molar-refractivity contribution in [2.24, 2.45) is 7.05 Å². The Morgan fingerprint density at radius 3 is 2.79 bits per heavy atom. The topological polar surface area (TPSA) is 29.9 Å². The number of hydrogen-bond donors (Lipinski definition) is 1. The first kappa shape index (κ1) is 12.6. The van der Waals surface area contributed by atoms with E-state index in [1.54, 1.807) is 0 Å². The molecule has 1 aliphatic heterocycles. The van der Waals surface area contributed by atoms with Crippen LogP contribution >= 0.6 is 0 Å². The first-order valence-corrected chi connectivity index (χ1v) is 6.99. The molecule has 1 saturated heterocycles. The fourth-order valence-corrected chi connectivity index (χ4v) is 3.29. The van der Waals surface area contributed by atoms with Crippen LogP contribution in [0, 0.1) is 5.82 Å². The number of nitrogens with zero attached hydrogens (tertiary/aromatic N) is 2. The van der Waals surface area contributed by atoms with Crippen molar-refractivity contribution >= 4 is 11.0 Å². The highest BCUT2D eigenvalue weighted by molar-refractivity contribution is 5.76. The fourth-order valence-electron chi connectivity index (χ4n) is 3.29. The van der Waals surface area contributed by atoms with E-state index in [4.69, 9.17) is 4.98 Å². The SMILES string of the molecule is CCC1(c2nc3cc(F)ccc3n2C)CCNCC1. The zero-order valence-electron chi connectivity index (χ0n) is 11.5. The lowest BCUT2D eigenvalue weighted by atomic mass is 9.76. The van der Waals surface area contributed by atoms with Crippen LogP contribution in [-0.2, 0) is 12.5 Å². The van der Waals surface area contributed by atoms with E-state index in [9.17, 15) is 4.39 Å². The maximum atomic E-state index is 13.3. The fraction of sp³-hybridized carbons (Fsp3) is 0.533. The average molecular weight is 261 g/mol. The van der Waals surface area contributed by atoms with E-state index in [1.165, 1.54) is 12.1 Å². The summed E-state index contributed by atoms with van der Waals surface area (Å²) in [4.78, 5) is 4.73. The number of imidazole rings is 1. The summed E-state index contributed by atoms with van der Waals surface area (Å²) in [6.45, 7) is 4.29. The number of aromatic nitrogens is 2. The molecule has 3 rings (SSSR count). The lowest BCUT2D eigenvalue weighted by Gasteiger charge is -2.36. The molecule has 2 heterocycles. The molecule has 102 valence electrons. The van der Waals surface area contributed by atoms with E-state index in [2.05, 4.69) is 16.8 Å². The number of nitrogens with one attached hydrogen (secondary N) is 1. The van der Waals surface area contributed by atoms with Gasteiger partial charge in [0.25, 0.3) is 0 Å². The lowest BCUT2D eigenvalue weighted by Crippen LogP contribution is -2.41. The minimum Gasteiger partial charge on any atom is -0.331 e. The van der Waals surface area contributed by atoms with Crippen molar-refractivity contribution in [2.75, 3.05) is 13.1 Å². The Balaban J connectivity index is 2.15. The molecule has 1 fully saturated rings. The molecule has 19 heavy (non-hydrogen) atoms. The molecule has 0 bridgehead atoms. The molecular weight excluding hydrogens is 241 g/mol. The van der Waals surface area contributed by atoms with Gasteiger partial charge in [-0.2, -0.15) is 0 Å². The summed E-state index contributed by atoms with van der Waals surface area (Å²) in [6.07, 6.45) is 3.28. The predicted molar refractivity (Wildman–Crippen MR) is 74.7 cm³/mol. The normalized spacial score (nSPS) is 18.9. The zero-order chi connectivity index (χ0) is 13.5. The quantitative estimate of drug-likeness (QED) is 0.901. The van der Waals surface area contributed by atoms with Gasteiger partial charge in [0.05, 0.1) is 11.0 Å². The van der Waals surface area contributed by atoms with Gasteiger partial charge in [-0.1, -0.05) is 6.92 Å². The van der Waals surface area contributed by atoms with E-state index < -0.39 is 0 Å². The van der Waals surface area contributed by atoms with Crippen molar-refractivity contribution in [1.29, 1.82) is 0 Å². The maximum absolute atomic E-state index is 13.3. The van der Waals surface area contributed by atoms with E-state index in [0.29, 0.717) is 0 Å². The molecule has 0 aliphatic carbocycles. The summed E-state index contributed by atoms with van der Waals surface area (Å²) in [5.74, 6) is 0.894. The van der Waals surface area contributed by atoms with Gasteiger partial charge in [0, 0.05) is 18.5 Å². The molecule has 0 radical (unpaired) electrons. The lowest BCUT2D eigenvalue weighted by molar-refractivity contribution is 0.277. The van der Waals surface area contributed by atoms with Crippen molar-refractivity contribution in [1.82, 2.24) is 14.9 Å². The van der Waals surface area contributed by atoms with Crippen LogP contribution in [0.25, 0.3) is 11.0 Å². The highest BCUT2D eigenvalue weighted by atomic mass is 19.1. The van der Waals surface area contributed by atoms with Gasteiger partial charge in [-0.15, -0.1) is 0 Å². The van der Waals surface area contributed by atoms with Crippen LogP contribution < -0.4 is 5.32 Å². The molecule has 0 atom stereocenters. The van der Waals surface area contributed by atoms with Crippen LogP contribution in [-0.4, -0.2) is 22.6 Å². The molecule has 3 nitrogen and oxygen atoms in total. The third-order valence-corrected chi connectivity index (χ3v) is 4.55.